The smallest absolute Gasteiger partial charge is 0.359 e. The molecule has 0 bridgehead atoms. The Morgan fingerprint density at radius 2 is 1.62 bits per heavy atom. The van der Waals surface area contributed by atoms with Crippen LogP contribution in [-0.4, -0.2) is 36.8 Å². The molecule has 0 unspecified atom stereocenters. The molecule has 0 aliphatic rings. The molecule has 0 fully saturated rings. The molecule has 0 radical (unpaired) electrons. The lowest BCUT2D eigenvalue weighted by Crippen LogP contribution is -2.27. The van der Waals surface area contributed by atoms with E-state index in [1.54, 1.807) is 6.92 Å². The molecule has 1 amide bonds. The predicted molar refractivity (Wildman–Crippen MR) is 78.9 cm³/mol. The van der Waals surface area contributed by atoms with E-state index in [1.165, 1.54) is 6.92 Å². The van der Waals surface area contributed by atoms with Crippen LogP contribution < -0.4 is 5.43 Å². The fourth-order valence-corrected chi connectivity index (χ4v) is 1.62. The standard InChI is InChI=1S/C15H16F2N2O5/c1-3-23-13(21)8-12(20)18-19-14(15(22)24-4-2)9-5-10(16)7-11(17)6-9/h5-7H,3-4,8H2,1-2H3,(H,18,20). The van der Waals surface area contributed by atoms with E-state index < -0.39 is 41.6 Å². The van der Waals surface area contributed by atoms with Crippen LogP contribution in [0.3, 0.4) is 0 Å². The predicted octanol–water partition coefficient (Wildman–Crippen LogP) is 1.30. The number of hydrogen-bond acceptors (Lipinski definition) is 6. The number of nitrogens with zero attached hydrogens (tertiary/aromatic N) is 1. The Morgan fingerprint density at radius 1 is 1.04 bits per heavy atom. The molecule has 0 spiro atoms. The normalized spacial score (nSPS) is 10.9. The van der Waals surface area contributed by atoms with E-state index >= 15 is 0 Å². The molecule has 24 heavy (non-hydrogen) atoms. The summed E-state index contributed by atoms with van der Waals surface area (Å²) in [4.78, 5) is 34.6. The second-order valence-electron chi connectivity index (χ2n) is 4.36. The Bertz CT molecular complexity index is 641. The number of hydrogen-bond donors (Lipinski definition) is 1. The van der Waals surface area contributed by atoms with Crippen molar-refractivity contribution in [3.05, 3.63) is 35.4 Å². The number of carbonyl (C=O) groups is 3. The topological polar surface area (TPSA) is 94.1 Å². The fraction of sp³-hybridized carbons (Fsp3) is 0.333. The zero-order valence-electron chi connectivity index (χ0n) is 13.1. The number of rotatable bonds is 7. The zero-order valence-corrected chi connectivity index (χ0v) is 13.1. The summed E-state index contributed by atoms with van der Waals surface area (Å²) >= 11 is 0. The minimum absolute atomic E-state index is 0.00752. The van der Waals surface area contributed by atoms with Gasteiger partial charge in [-0.2, -0.15) is 5.10 Å². The Labute approximate surface area is 136 Å². The summed E-state index contributed by atoms with van der Waals surface area (Å²) in [6.45, 7) is 3.20. The zero-order chi connectivity index (χ0) is 18.1. The van der Waals surface area contributed by atoms with Crippen LogP contribution in [0.1, 0.15) is 25.8 Å². The van der Waals surface area contributed by atoms with Gasteiger partial charge in [0.25, 0.3) is 5.91 Å². The third-order valence-electron chi connectivity index (χ3n) is 2.51. The average molecular weight is 342 g/mol. The van der Waals surface area contributed by atoms with Gasteiger partial charge in [0.1, 0.15) is 18.1 Å². The molecule has 0 saturated heterocycles. The lowest BCUT2D eigenvalue weighted by atomic mass is 10.1. The SMILES string of the molecule is CCOC(=O)CC(=O)NN=C(C(=O)OCC)c1cc(F)cc(F)c1. The second-order valence-corrected chi connectivity index (χ2v) is 4.36. The summed E-state index contributed by atoms with van der Waals surface area (Å²) in [5.74, 6) is -4.48. The molecule has 0 saturated carbocycles. The third-order valence-corrected chi connectivity index (χ3v) is 2.51. The van der Waals surface area contributed by atoms with Crippen molar-refractivity contribution in [3.8, 4) is 0 Å². The van der Waals surface area contributed by atoms with Crippen molar-refractivity contribution in [1.29, 1.82) is 0 Å². The lowest BCUT2D eigenvalue weighted by molar-refractivity contribution is -0.146. The molecule has 1 aromatic carbocycles. The first-order chi connectivity index (χ1) is 11.4. The summed E-state index contributed by atoms with van der Waals surface area (Å²) < 4.78 is 35.9. The van der Waals surface area contributed by atoms with Gasteiger partial charge in [-0.25, -0.2) is 19.0 Å². The first-order valence-electron chi connectivity index (χ1n) is 7.03. The number of carbonyl (C=O) groups excluding carboxylic acids is 3. The summed E-state index contributed by atoms with van der Waals surface area (Å²) in [5.41, 5.74) is 1.22. The average Bonchev–Trinajstić information content (AvgIpc) is 2.46. The molecule has 1 N–H and O–H groups in total. The van der Waals surface area contributed by atoms with Crippen molar-refractivity contribution in [3.63, 3.8) is 0 Å². The number of nitrogens with one attached hydrogen (secondary N) is 1. The lowest BCUT2D eigenvalue weighted by Gasteiger charge is -2.07. The Balaban J connectivity index is 2.99. The van der Waals surface area contributed by atoms with Gasteiger partial charge in [0.2, 0.25) is 0 Å². The van der Waals surface area contributed by atoms with Gasteiger partial charge in [0, 0.05) is 11.6 Å². The highest BCUT2D eigenvalue weighted by Crippen LogP contribution is 2.10. The monoisotopic (exact) mass is 342 g/mol. The minimum atomic E-state index is -0.987. The second kappa shape index (κ2) is 9.33. The van der Waals surface area contributed by atoms with Crippen LogP contribution in [0.15, 0.2) is 23.3 Å². The maximum absolute atomic E-state index is 13.3. The Kier molecular flexibility index (Phi) is 7.47. The summed E-state index contributed by atoms with van der Waals surface area (Å²) in [5, 5.41) is 3.51. The number of amides is 1. The fourth-order valence-electron chi connectivity index (χ4n) is 1.62. The maximum atomic E-state index is 13.3. The summed E-state index contributed by atoms with van der Waals surface area (Å²) in [7, 11) is 0. The van der Waals surface area contributed by atoms with Gasteiger partial charge in [-0.1, -0.05) is 0 Å². The van der Waals surface area contributed by atoms with Crippen molar-refractivity contribution in [2.75, 3.05) is 13.2 Å². The molecular weight excluding hydrogens is 326 g/mol. The van der Waals surface area contributed by atoms with Crippen molar-refractivity contribution in [2.45, 2.75) is 20.3 Å². The van der Waals surface area contributed by atoms with E-state index in [4.69, 9.17) is 4.74 Å². The third kappa shape index (κ3) is 6.11. The Hall–Kier alpha value is -2.84. The minimum Gasteiger partial charge on any atom is -0.466 e. The largest absolute Gasteiger partial charge is 0.466 e. The summed E-state index contributed by atoms with van der Waals surface area (Å²) in [6, 6.07) is 2.33. The van der Waals surface area contributed by atoms with E-state index in [2.05, 4.69) is 9.84 Å². The van der Waals surface area contributed by atoms with Crippen LogP contribution in [0.4, 0.5) is 8.78 Å². The molecule has 0 aliphatic heterocycles. The van der Waals surface area contributed by atoms with Crippen LogP contribution in [0.5, 0.6) is 0 Å². The van der Waals surface area contributed by atoms with Gasteiger partial charge in [-0.15, -0.1) is 0 Å². The maximum Gasteiger partial charge on any atom is 0.359 e. The van der Waals surface area contributed by atoms with Gasteiger partial charge in [-0.3, -0.25) is 9.59 Å². The molecule has 7 nitrogen and oxygen atoms in total. The molecular formula is C15H16F2N2O5. The van der Waals surface area contributed by atoms with Crippen LogP contribution in [0.25, 0.3) is 0 Å². The summed E-state index contributed by atoms with van der Waals surface area (Å²) in [6.07, 6.45) is -0.620. The Morgan fingerprint density at radius 3 is 2.17 bits per heavy atom. The van der Waals surface area contributed by atoms with Crippen molar-refractivity contribution in [2.24, 2.45) is 5.10 Å². The van der Waals surface area contributed by atoms with E-state index in [9.17, 15) is 23.2 Å². The molecule has 1 aromatic rings. The molecule has 9 heteroatoms. The molecule has 0 aliphatic carbocycles. The van der Waals surface area contributed by atoms with Crippen molar-refractivity contribution in [1.82, 2.24) is 5.43 Å². The number of esters is 2. The van der Waals surface area contributed by atoms with Crippen LogP contribution >= 0.6 is 0 Å². The highest BCUT2D eigenvalue weighted by atomic mass is 19.1. The first-order valence-corrected chi connectivity index (χ1v) is 7.03. The van der Waals surface area contributed by atoms with Crippen LogP contribution in [-0.2, 0) is 23.9 Å². The van der Waals surface area contributed by atoms with Gasteiger partial charge in [0.05, 0.1) is 13.2 Å². The number of halogens is 2. The van der Waals surface area contributed by atoms with Crippen molar-refractivity contribution >= 4 is 23.6 Å². The quantitative estimate of drug-likeness (QED) is 0.349. The molecule has 130 valence electrons. The highest BCUT2D eigenvalue weighted by Gasteiger charge is 2.19. The number of hydrazone groups is 1. The molecule has 0 heterocycles. The molecule has 0 aromatic heterocycles. The van der Waals surface area contributed by atoms with E-state index in [-0.39, 0.29) is 18.8 Å². The van der Waals surface area contributed by atoms with E-state index in [0.717, 1.165) is 12.1 Å². The van der Waals surface area contributed by atoms with Crippen LogP contribution in [0.2, 0.25) is 0 Å². The van der Waals surface area contributed by atoms with Gasteiger partial charge in [0.15, 0.2) is 5.71 Å². The highest BCUT2D eigenvalue weighted by molar-refractivity contribution is 6.43. The molecule has 1 rings (SSSR count). The van der Waals surface area contributed by atoms with Gasteiger partial charge in [-0.05, 0) is 26.0 Å². The molecule has 0 atom stereocenters. The van der Waals surface area contributed by atoms with E-state index in [0.29, 0.717) is 6.07 Å². The van der Waals surface area contributed by atoms with E-state index in [1.807, 2.05) is 5.43 Å². The van der Waals surface area contributed by atoms with Gasteiger partial charge < -0.3 is 9.47 Å². The number of ether oxygens (including phenoxy) is 2. The first kappa shape index (κ1) is 19.2. The van der Waals surface area contributed by atoms with Crippen molar-refractivity contribution < 1.29 is 32.6 Å². The van der Waals surface area contributed by atoms with Gasteiger partial charge >= 0.3 is 11.9 Å². The van der Waals surface area contributed by atoms with Crippen LogP contribution in [0, 0.1) is 11.6 Å². The number of benzene rings is 1.